The van der Waals surface area contributed by atoms with Crippen molar-refractivity contribution in [2.24, 2.45) is 0 Å². The molecule has 6 aromatic rings. The molecule has 9 rings (SSSR count). The van der Waals surface area contributed by atoms with Crippen LogP contribution in [-0.2, 0) is 37.3 Å². The van der Waals surface area contributed by atoms with E-state index in [2.05, 4.69) is 39.9 Å². The summed E-state index contributed by atoms with van der Waals surface area (Å²) in [6.45, 7) is 0. The van der Waals surface area contributed by atoms with Crippen LogP contribution in [0.5, 0.6) is 0 Å². The van der Waals surface area contributed by atoms with Crippen LogP contribution in [0.15, 0.2) is 94.7 Å². The van der Waals surface area contributed by atoms with Gasteiger partial charge in [-0.05, 0) is 28.6 Å². The summed E-state index contributed by atoms with van der Waals surface area (Å²) in [5.41, 5.74) is 2.26. The molecule has 3 aliphatic heterocycles. The molecule has 0 saturated carbocycles. The molecule has 243 valence electrons. The van der Waals surface area contributed by atoms with E-state index in [0.717, 1.165) is 0 Å². The topological polar surface area (TPSA) is 220 Å². The fraction of sp³-hybridized carbons (Fsp3) is 0. The van der Waals surface area contributed by atoms with E-state index in [1.165, 1.54) is 24.3 Å². The second-order valence-corrected chi connectivity index (χ2v) is 13.5. The van der Waals surface area contributed by atoms with Crippen LogP contribution in [0, 0.1) is 0 Å². The molecule has 1 radical (unpaired) electrons. The van der Waals surface area contributed by atoms with E-state index in [9.17, 15) is 25.9 Å². The van der Waals surface area contributed by atoms with Gasteiger partial charge in [-0.3, -0.25) is 0 Å². The first-order chi connectivity index (χ1) is 23.0. The Bertz CT molecular complexity index is 2870. The van der Waals surface area contributed by atoms with Gasteiger partial charge in [-0.2, -0.15) is 0 Å². The fourth-order valence-electron chi connectivity index (χ4n) is 6.01. The third kappa shape index (κ3) is 4.82. The number of nitrogens with zero attached hydrogens (tertiary/aromatic N) is 8. The first kappa shape index (κ1) is 30.9. The minimum atomic E-state index is -4.97. The van der Waals surface area contributed by atoms with Crippen LogP contribution in [0.4, 0.5) is 0 Å². The summed E-state index contributed by atoms with van der Waals surface area (Å²) in [5, 5.41) is 0.209. The van der Waals surface area contributed by atoms with Gasteiger partial charge in [0.2, 0.25) is 0 Å². The minimum Gasteiger partial charge on any atom is -0.744 e. The average Bonchev–Trinajstić information content (AvgIpc) is 3.79. The molecule has 49 heavy (non-hydrogen) atoms. The molecule has 4 aromatic carbocycles. The van der Waals surface area contributed by atoms with Crippen LogP contribution in [0.2, 0.25) is 0 Å². The van der Waals surface area contributed by atoms with Gasteiger partial charge < -0.3 is 24.1 Å². The molecular weight excluding hydrogens is 720 g/mol. The van der Waals surface area contributed by atoms with E-state index in [1.807, 2.05) is 0 Å². The van der Waals surface area contributed by atoms with Crippen molar-refractivity contribution in [2.75, 3.05) is 0 Å². The van der Waals surface area contributed by atoms with Crippen molar-refractivity contribution in [3.8, 4) is 68.3 Å². The number of benzene rings is 4. The van der Waals surface area contributed by atoms with Gasteiger partial charge in [0.15, 0.2) is 23.3 Å². The molecule has 2 aromatic heterocycles. The van der Waals surface area contributed by atoms with Crippen molar-refractivity contribution in [3.05, 3.63) is 84.9 Å². The Morgan fingerprint density at radius 1 is 0.490 bits per heavy atom. The Hall–Kier alpha value is -5.42. The van der Waals surface area contributed by atoms with Crippen molar-refractivity contribution in [3.63, 3.8) is 0 Å². The van der Waals surface area contributed by atoms with Crippen LogP contribution < -0.4 is 9.97 Å². The Balaban J connectivity index is 0.00000348. The molecule has 0 aliphatic carbocycles. The first-order valence-electron chi connectivity index (χ1n) is 14.1. The van der Waals surface area contributed by atoms with Gasteiger partial charge in [0.05, 0.1) is 9.79 Å². The smallest absolute Gasteiger partial charge is 0.744 e. The number of hydrogen-bond donors (Lipinski definition) is 0. The predicted octanol–water partition coefficient (Wildman–Crippen LogP) is 3.84. The van der Waals surface area contributed by atoms with Gasteiger partial charge in [-0.1, -0.05) is 72.8 Å². The molecule has 0 spiro atoms. The summed E-state index contributed by atoms with van der Waals surface area (Å²) >= 11 is 0. The van der Waals surface area contributed by atoms with Crippen molar-refractivity contribution < 1.29 is 43.0 Å². The zero-order valence-electron chi connectivity index (χ0n) is 24.2. The van der Waals surface area contributed by atoms with Gasteiger partial charge in [-0.25, -0.2) is 41.8 Å². The molecule has 0 atom stereocenters. The molecule has 0 fully saturated rings. The first-order valence-corrected chi connectivity index (χ1v) is 16.9. The molecule has 14 nitrogen and oxygen atoms in total. The van der Waals surface area contributed by atoms with Crippen molar-refractivity contribution >= 4 is 42.3 Å². The summed E-state index contributed by atoms with van der Waals surface area (Å²) in [7, 11) is -9.94. The van der Waals surface area contributed by atoms with E-state index in [0.29, 0.717) is 22.3 Å². The van der Waals surface area contributed by atoms with Crippen LogP contribution in [0.3, 0.4) is 0 Å². The molecule has 0 N–H and O–H groups in total. The van der Waals surface area contributed by atoms with Crippen molar-refractivity contribution in [1.82, 2.24) is 39.9 Å². The molecule has 5 heterocycles. The van der Waals surface area contributed by atoms with Crippen LogP contribution in [0.1, 0.15) is 0 Å². The maximum Gasteiger partial charge on any atom is 2.00 e. The zero-order chi connectivity index (χ0) is 32.9. The monoisotopic (exact) mass is 733 g/mol. The average molecular weight is 734 g/mol. The van der Waals surface area contributed by atoms with Crippen LogP contribution in [-0.4, -0.2) is 55.8 Å². The minimum absolute atomic E-state index is 0. The molecule has 17 heteroatoms. The Morgan fingerprint density at radius 2 is 0.980 bits per heavy atom. The van der Waals surface area contributed by atoms with Gasteiger partial charge in [0.1, 0.15) is 20.2 Å². The van der Waals surface area contributed by atoms with Gasteiger partial charge in [0.25, 0.3) is 0 Å². The Morgan fingerprint density at radius 3 is 1.63 bits per heavy atom. The number of rotatable bonds is 2. The standard InChI is InChI=1S/C32H16N8O6S2.Cu/c41-47(42,43)21-13-5-11-19-23(21)32-38-28-18-10-4-2-8-16(18)26(34-28)36-30-20-12-6-14-22(48(44,45)46)24(20)31(40-30)37-27-17-9-3-1-7-15(17)25(33-27)35-29(19)39-32;/h1-14H,(H2-2,33,34,35,36,37,38,39,40,41,42,43,44,45,46);/q-2;+2/p-2. The second kappa shape index (κ2) is 10.8. The molecule has 0 saturated heterocycles. The maximum absolute atomic E-state index is 12.4. The van der Waals surface area contributed by atoms with Crippen LogP contribution >= 0.6 is 0 Å². The van der Waals surface area contributed by atoms with Crippen molar-refractivity contribution in [2.45, 2.75) is 9.79 Å². The third-order valence-corrected chi connectivity index (χ3v) is 9.79. The third-order valence-electron chi connectivity index (χ3n) is 8.03. The van der Waals surface area contributed by atoms with Crippen molar-refractivity contribution in [1.29, 1.82) is 0 Å². The van der Waals surface area contributed by atoms with E-state index in [1.54, 1.807) is 60.7 Å². The van der Waals surface area contributed by atoms with Gasteiger partial charge in [-0.15, -0.1) is 11.5 Å². The quantitative estimate of drug-likeness (QED) is 0.182. The van der Waals surface area contributed by atoms with E-state index >= 15 is 0 Å². The normalized spacial score (nSPS) is 12.4. The summed E-state index contributed by atoms with van der Waals surface area (Å²) in [6.07, 6.45) is 0. The predicted molar refractivity (Wildman–Crippen MR) is 168 cm³/mol. The summed E-state index contributed by atoms with van der Waals surface area (Å²) < 4.78 is 74.5. The van der Waals surface area contributed by atoms with Gasteiger partial charge >= 0.3 is 17.1 Å². The largest absolute Gasteiger partial charge is 2.00 e. The number of hydrogen-bond acceptors (Lipinski definition) is 12. The van der Waals surface area contributed by atoms with E-state index in [4.69, 9.17) is 0 Å². The Labute approximate surface area is 287 Å². The summed E-state index contributed by atoms with van der Waals surface area (Å²) in [6, 6.07) is 22.3. The fourth-order valence-corrected chi connectivity index (χ4v) is 7.40. The molecule has 3 aliphatic rings. The number of fused-ring (bicyclic) bond motifs is 20. The number of aromatic nitrogens is 8. The molecule has 8 bridgehead atoms. The zero-order valence-corrected chi connectivity index (χ0v) is 26.8. The maximum atomic E-state index is 12.4. The molecule has 0 unspecified atom stereocenters. The second-order valence-electron chi connectivity index (χ2n) is 10.8. The molecule has 0 amide bonds. The van der Waals surface area contributed by atoms with Gasteiger partial charge in [0, 0.05) is 39.1 Å². The van der Waals surface area contributed by atoms with E-state index < -0.39 is 30.0 Å². The summed E-state index contributed by atoms with van der Waals surface area (Å²) in [4.78, 5) is 36.0. The van der Waals surface area contributed by atoms with Crippen LogP contribution in [0.25, 0.3) is 90.4 Å². The summed E-state index contributed by atoms with van der Waals surface area (Å²) in [5.74, 6) is 0.456. The SMILES string of the molecule is O=S(=O)([O-])c1cccc2c1-c1nc3nc([n-]c4[n-]c(nc5nc(nc-2n1)-c1ccccc1-5)c1c(S(=O)(=O)[O-])cccc41)-c1ccccc1-3.[Cu+2]. The Kier molecular flexibility index (Phi) is 6.80. The van der Waals surface area contributed by atoms with E-state index in [-0.39, 0.29) is 85.2 Å². The molecular formula is C32H14CuN8O6S2-2.